The largest absolute Gasteiger partial charge is 0.493 e. The van der Waals surface area contributed by atoms with Crippen LogP contribution in [-0.4, -0.2) is 21.9 Å². The number of aromatic nitrogens is 2. The molecule has 0 amide bonds. The zero-order valence-electron chi connectivity index (χ0n) is 11.6. The number of aliphatic hydroxyl groups is 1. The molecule has 0 aliphatic rings. The average molecular weight is 274 g/mol. The maximum absolute atomic E-state index is 11.4. The molecular weight excluding hydrogens is 256 g/mol. The van der Waals surface area contributed by atoms with Gasteiger partial charge in [-0.1, -0.05) is 26.0 Å². The van der Waals surface area contributed by atoms with Crippen LogP contribution in [0.25, 0.3) is 11.3 Å². The van der Waals surface area contributed by atoms with E-state index in [1.165, 1.54) is 0 Å². The molecule has 1 heterocycles. The normalized spacial score (nSPS) is 10.8. The van der Waals surface area contributed by atoms with Gasteiger partial charge >= 0.3 is 0 Å². The first-order valence-electron chi connectivity index (χ1n) is 6.53. The maximum Gasteiger partial charge on any atom is 0.269 e. The van der Waals surface area contributed by atoms with E-state index in [-0.39, 0.29) is 12.2 Å². The van der Waals surface area contributed by atoms with Crippen LogP contribution in [-0.2, 0) is 6.61 Å². The van der Waals surface area contributed by atoms with E-state index in [0.29, 0.717) is 23.8 Å². The SMILES string of the molecule is CC(C)COc1cccc(-c2cc(CO)c(=O)[nH]n2)c1. The fourth-order valence-electron chi connectivity index (χ4n) is 1.72. The van der Waals surface area contributed by atoms with Gasteiger partial charge in [0.2, 0.25) is 0 Å². The highest BCUT2D eigenvalue weighted by molar-refractivity contribution is 5.61. The van der Waals surface area contributed by atoms with E-state index in [1.54, 1.807) is 6.07 Å². The van der Waals surface area contributed by atoms with Gasteiger partial charge in [0.05, 0.1) is 18.9 Å². The van der Waals surface area contributed by atoms with Gasteiger partial charge < -0.3 is 9.84 Å². The molecule has 20 heavy (non-hydrogen) atoms. The van der Waals surface area contributed by atoms with Gasteiger partial charge in [0, 0.05) is 11.1 Å². The highest BCUT2D eigenvalue weighted by atomic mass is 16.5. The molecule has 0 aliphatic heterocycles. The van der Waals surface area contributed by atoms with Gasteiger partial charge in [0.25, 0.3) is 5.56 Å². The minimum absolute atomic E-state index is 0.295. The summed E-state index contributed by atoms with van der Waals surface area (Å²) in [6, 6.07) is 9.08. The summed E-state index contributed by atoms with van der Waals surface area (Å²) in [5, 5.41) is 15.5. The van der Waals surface area contributed by atoms with Crippen LogP contribution in [0.3, 0.4) is 0 Å². The van der Waals surface area contributed by atoms with Crippen molar-refractivity contribution >= 4 is 0 Å². The van der Waals surface area contributed by atoms with Crippen LogP contribution in [0, 0.1) is 5.92 Å². The molecule has 0 saturated heterocycles. The smallest absolute Gasteiger partial charge is 0.269 e. The molecule has 2 N–H and O–H groups in total. The van der Waals surface area contributed by atoms with Crippen LogP contribution in [0.5, 0.6) is 5.75 Å². The minimum Gasteiger partial charge on any atom is -0.493 e. The van der Waals surface area contributed by atoms with E-state index in [2.05, 4.69) is 24.0 Å². The maximum atomic E-state index is 11.4. The van der Waals surface area contributed by atoms with Gasteiger partial charge in [-0.2, -0.15) is 5.10 Å². The van der Waals surface area contributed by atoms with E-state index in [0.717, 1.165) is 11.3 Å². The minimum atomic E-state index is -0.372. The number of H-pyrrole nitrogens is 1. The van der Waals surface area contributed by atoms with E-state index >= 15 is 0 Å². The van der Waals surface area contributed by atoms with Gasteiger partial charge in [-0.05, 0) is 24.1 Å². The summed E-state index contributed by atoms with van der Waals surface area (Å²) in [4.78, 5) is 11.4. The molecule has 0 fully saturated rings. The molecule has 106 valence electrons. The number of rotatable bonds is 5. The Kier molecular flexibility index (Phi) is 4.53. The Hall–Kier alpha value is -2.14. The van der Waals surface area contributed by atoms with Crippen molar-refractivity contribution in [2.45, 2.75) is 20.5 Å². The molecule has 0 atom stereocenters. The molecule has 0 radical (unpaired) electrons. The van der Waals surface area contributed by atoms with E-state index < -0.39 is 0 Å². The monoisotopic (exact) mass is 274 g/mol. The number of nitrogens with zero attached hydrogens (tertiary/aromatic N) is 1. The van der Waals surface area contributed by atoms with Gasteiger partial charge in [-0.15, -0.1) is 0 Å². The molecule has 2 rings (SSSR count). The molecule has 1 aromatic carbocycles. The van der Waals surface area contributed by atoms with Gasteiger partial charge in [-0.3, -0.25) is 4.79 Å². The highest BCUT2D eigenvalue weighted by Crippen LogP contribution is 2.22. The Morgan fingerprint density at radius 3 is 2.85 bits per heavy atom. The number of aliphatic hydroxyl groups excluding tert-OH is 1. The van der Waals surface area contributed by atoms with E-state index in [1.807, 2.05) is 24.3 Å². The van der Waals surface area contributed by atoms with Crippen LogP contribution in [0.15, 0.2) is 35.1 Å². The van der Waals surface area contributed by atoms with Crippen LogP contribution in [0.1, 0.15) is 19.4 Å². The van der Waals surface area contributed by atoms with Crippen LogP contribution >= 0.6 is 0 Å². The molecule has 0 spiro atoms. The van der Waals surface area contributed by atoms with Crippen LogP contribution < -0.4 is 10.3 Å². The van der Waals surface area contributed by atoms with Crippen molar-refractivity contribution < 1.29 is 9.84 Å². The lowest BCUT2D eigenvalue weighted by Crippen LogP contribution is -2.14. The molecule has 0 bridgehead atoms. The van der Waals surface area contributed by atoms with Crippen molar-refractivity contribution in [3.63, 3.8) is 0 Å². The van der Waals surface area contributed by atoms with Crippen molar-refractivity contribution in [3.05, 3.63) is 46.2 Å². The van der Waals surface area contributed by atoms with E-state index in [4.69, 9.17) is 9.84 Å². The van der Waals surface area contributed by atoms with Crippen molar-refractivity contribution in [3.8, 4) is 17.0 Å². The first kappa shape index (κ1) is 14.3. The van der Waals surface area contributed by atoms with Crippen molar-refractivity contribution in [2.75, 3.05) is 6.61 Å². The standard InChI is InChI=1S/C15H18N2O3/c1-10(2)9-20-13-5-3-4-11(6-13)14-7-12(8-18)15(19)17-16-14/h3-7,10,18H,8-9H2,1-2H3,(H,17,19). The Balaban J connectivity index is 2.28. The number of ether oxygens (including phenoxy) is 1. The summed E-state index contributed by atoms with van der Waals surface area (Å²) in [7, 11) is 0. The summed E-state index contributed by atoms with van der Waals surface area (Å²) < 4.78 is 5.66. The number of benzene rings is 1. The van der Waals surface area contributed by atoms with Crippen molar-refractivity contribution in [1.82, 2.24) is 10.2 Å². The molecule has 2 aromatic rings. The molecular formula is C15H18N2O3. The quantitative estimate of drug-likeness (QED) is 0.874. The lowest BCUT2D eigenvalue weighted by molar-refractivity contribution is 0.271. The Morgan fingerprint density at radius 2 is 2.15 bits per heavy atom. The third-order valence-electron chi connectivity index (χ3n) is 2.76. The zero-order chi connectivity index (χ0) is 14.5. The molecule has 0 aliphatic carbocycles. The van der Waals surface area contributed by atoms with Gasteiger partial charge in [0.1, 0.15) is 5.75 Å². The lowest BCUT2D eigenvalue weighted by Gasteiger charge is -2.10. The average Bonchev–Trinajstić information content (AvgIpc) is 2.46. The second-order valence-electron chi connectivity index (χ2n) is 5.00. The van der Waals surface area contributed by atoms with Gasteiger partial charge in [0.15, 0.2) is 0 Å². The number of nitrogens with one attached hydrogen (secondary N) is 1. The fourth-order valence-corrected chi connectivity index (χ4v) is 1.72. The molecule has 0 unspecified atom stereocenters. The summed E-state index contributed by atoms with van der Waals surface area (Å²) in [5.41, 5.74) is 1.35. The van der Waals surface area contributed by atoms with Crippen LogP contribution in [0.2, 0.25) is 0 Å². The third-order valence-corrected chi connectivity index (χ3v) is 2.76. The summed E-state index contributed by atoms with van der Waals surface area (Å²) in [6.45, 7) is 4.50. The molecule has 1 aromatic heterocycles. The van der Waals surface area contributed by atoms with Crippen molar-refractivity contribution in [1.29, 1.82) is 0 Å². The Bertz CT molecular complexity index is 635. The second-order valence-corrected chi connectivity index (χ2v) is 5.00. The fraction of sp³-hybridized carbons (Fsp3) is 0.333. The highest BCUT2D eigenvalue weighted by Gasteiger charge is 2.06. The third kappa shape index (κ3) is 3.45. The van der Waals surface area contributed by atoms with Crippen LogP contribution in [0.4, 0.5) is 0 Å². The van der Waals surface area contributed by atoms with Crippen molar-refractivity contribution in [2.24, 2.45) is 5.92 Å². The number of aromatic amines is 1. The molecule has 0 saturated carbocycles. The molecule has 5 nitrogen and oxygen atoms in total. The lowest BCUT2D eigenvalue weighted by atomic mass is 10.1. The zero-order valence-corrected chi connectivity index (χ0v) is 11.6. The number of hydrogen-bond donors (Lipinski definition) is 2. The van der Waals surface area contributed by atoms with Gasteiger partial charge in [-0.25, -0.2) is 5.10 Å². The Labute approximate surface area is 117 Å². The number of hydrogen-bond acceptors (Lipinski definition) is 4. The topological polar surface area (TPSA) is 75.2 Å². The summed E-state index contributed by atoms with van der Waals surface area (Å²) in [6.07, 6.45) is 0. The first-order chi connectivity index (χ1) is 9.60. The predicted octanol–water partition coefficient (Wildman–Crippen LogP) is 1.96. The first-order valence-corrected chi connectivity index (χ1v) is 6.53. The Morgan fingerprint density at radius 1 is 1.35 bits per heavy atom. The second kappa shape index (κ2) is 6.34. The molecule has 5 heteroatoms. The predicted molar refractivity (Wildman–Crippen MR) is 76.5 cm³/mol. The van der Waals surface area contributed by atoms with E-state index in [9.17, 15) is 4.79 Å². The summed E-state index contributed by atoms with van der Waals surface area (Å²) >= 11 is 0. The summed E-state index contributed by atoms with van der Waals surface area (Å²) in [5.74, 6) is 1.21.